The minimum absolute atomic E-state index is 0.423. The van der Waals surface area contributed by atoms with Crippen molar-refractivity contribution in [2.45, 2.75) is 17.9 Å². The second-order valence-corrected chi connectivity index (χ2v) is 6.49. The molecule has 1 N–H and O–H groups in total. The topological polar surface area (TPSA) is 29.5 Å². The third-order valence-electron chi connectivity index (χ3n) is 2.76. The molecule has 2 nitrogen and oxygen atoms in total. The number of ether oxygens (including phenoxy) is 1. The molecule has 2 rings (SSSR count). The Hall–Kier alpha value is -0.970. The van der Waals surface area contributed by atoms with Crippen molar-refractivity contribution in [1.82, 2.24) is 0 Å². The zero-order valence-electron chi connectivity index (χ0n) is 11.3. The van der Waals surface area contributed by atoms with Crippen LogP contribution in [0.15, 0.2) is 57.9 Å². The summed E-state index contributed by atoms with van der Waals surface area (Å²) < 4.78 is 6.71. The molecule has 2 aromatic rings. The van der Waals surface area contributed by atoms with E-state index >= 15 is 0 Å². The van der Waals surface area contributed by atoms with Crippen LogP contribution in [-0.4, -0.2) is 17.5 Å². The van der Waals surface area contributed by atoms with Crippen LogP contribution in [0.3, 0.4) is 0 Å². The maximum Gasteiger partial charge on any atom is 0.120 e. The summed E-state index contributed by atoms with van der Waals surface area (Å²) in [5.74, 6) is 1.74. The Kier molecular flexibility index (Phi) is 5.95. The molecule has 0 spiro atoms. The van der Waals surface area contributed by atoms with Gasteiger partial charge in [-0.1, -0.05) is 34.1 Å². The Morgan fingerprint density at radius 2 is 2.00 bits per heavy atom. The maximum absolute atomic E-state index is 9.56. The molecule has 0 aliphatic heterocycles. The highest BCUT2D eigenvalue weighted by Crippen LogP contribution is 2.23. The molecule has 0 saturated heterocycles. The first-order valence-electron chi connectivity index (χ1n) is 6.44. The van der Waals surface area contributed by atoms with Crippen molar-refractivity contribution in [2.75, 3.05) is 12.4 Å². The Morgan fingerprint density at radius 1 is 1.20 bits per heavy atom. The van der Waals surface area contributed by atoms with E-state index in [0.717, 1.165) is 26.4 Å². The van der Waals surface area contributed by atoms with E-state index in [-0.39, 0.29) is 0 Å². The first-order valence-corrected chi connectivity index (χ1v) is 8.22. The van der Waals surface area contributed by atoms with Crippen molar-refractivity contribution in [3.05, 3.63) is 58.6 Å². The molecule has 0 amide bonds. The molecule has 0 radical (unpaired) electrons. The molecule has 0 fully saturated rings. The van der Waals surface area contributed by atoms with E-state index in [1.165, 1.54) is 0 Å². The van der Waals surface area contributed by atoms with Gasteiger partial charge in [-0.2, -0.15) is 0 Å². The first kappa shape index (κ1) is 15.4. The van der Waals surface area contributed by atoms with Gasteiger partial charge in [0.05, 0.1) is 12.7 Å². The average molecular weight is 353 g/mol. The number of rotatable bonds is 6. The summed E-state index contributed by atoms with van der Waals surface area (Å²) in [6, 6.07) is 15.8. The molecule has 0 aliphatic carbocycles. The van der Waals surface area contributed by atoms with Gasteiger partial charge in [-0.25, -0.2) is 0 Å². The minimum atomic E-state index is -0.423. The Morgan fingerprint density at radius 3 is 2.75 bits per heavy atom. The lowest BCUT2D eigenvalue weighted by Gasteiger charge is -2.08. The molecule has 2 aromatic carbocycles. The van der Waals surface area contributed by atoms with E-state index < -0.39 is 6.10 Å². The molecular formula is C16H17BrO2S. The van der Waals surface area contributed by atoms with Crippen molar-refractivity contribution >= 4 is 27.7 Å². The second kappa shape index (κ2) is 7.72. The fourth-order valence-electron chi connectivity index (χ4n) is 1.74. The van der Waals surface area contributed by atoms with E-state index in [1.54, 1.807) is 18.7 Å². The predicted molar refractivity (Wildman–Crippen MR) is 87.4 cm³/mol. The molecular weight excluding hydrogens is 336 g/mol. The smallest absolute Gasteiger partial charge is 0.120 e. The highest BCUT2D eigenvalue weighted by atomic mass is 79.9. The van der Waals surface area contributed by atoms with E-state index in [9.17, 15) is 5.11 Å². The van der Waals surface area contributed by atoms with Crippen molar-refractivity contribution in [2.24, 2.45) is 0 Å². The van der Waals surface area contributed by atoms with Crippen LogP contribution in [-0.2, 0) is 0 Å². The fourth-order valence-corrected chi connectivity index (χ4v) is 2.91. The summed E-state index contributed by atoms with van der Waals surface area (Å²) in [5, 5.41) is 9.56. The normalized spacial score (nSPS) is 12.2. The standard InChI is InChI=1S/C16H17BrO2S/c1-12(18)13-4-2-7-16(10-13)20-9-8-19-15-6-3-5-14(17)11-15/h2-7,10-12,18H,8-9H2,1H3. The average Bonchev–Trinajstić information content (AvgIpc) is 2.44. The quantitative estimate of drug-likeness (QED) is 0.604. The molecule has 0 heterocycles. The largest absolute Gasteiger partial charge is 0.493 e. The number of aliphatic hydroxyl groups excluding tert-OH is 1. The molecule has 0 aromatic heterocycles. The Bertz CT molecular complexity index is 558. The van der Waals surface area contributed by atoms with Crippen molar-refractivity contribution in [1.29, 1.82) is 0 Å². The van der Waals surface area contributed by atoms with Crippen LogP contribution in [0.5, 0.6) is 5.75 Å². The molecule has 1 atom stereocenters. The molecule has 4 heteroatoms. The number of hydrogen-bond acceptors (Lipinski definition) is 3. The van der Waals surface area contributed by atoms with Crippen molar-refractivity contribution < 1.29 is 9.84 Å². The molecule has 0 aliphatic rings. The van der Waals surface area contributed by atoms with Gasteiger partial charge in [-0.05, 0) is 42.8 Å². The predicted octanol–water partition coefficient (Wildman–Crippen LogP) is 4.67. The number of benzene rings is 2. The van der Waals surface area contributed by atoms with Gasteiger partial charge in [0.2, 0.25) is 0 Å². The lowest BCUT2D eigenvalue weighted by molar-refractivity contribution is 0.199. The van der Waals surface area contributed by atoms with Gasteiger partial charge in [-0.3, -0.25) is 0 Å². The van der Waals surface area contributed by atoms with Crippen LogP contribution >= 0.6 is 27.7 Å². The third-order valence-corrected chi connectivity index (χ3v) is 4.21. The van der Waals surface area contributed by atoms with Crippen LogP contribution in [0.1, 0.15) is 18.6 Å². The van der Waals surface area contributed by atoms with Gasteiger partial charge in [-0.15, -0.1) is 11.8 Å². The lowest BCUT2D eigenvalue weighted by atomic mass is 10.1. The van der Waals surface area contributed by atoms with Crippen LogP contribution in [0.2, 0.25) is 0 Å². The zero-order chi connectivity index (χ0) is 14.4. The zero-order valence-corrected chi connectivity index (χ0v) is 13.7. The SMILES string of the molecule is CC(O)c1cccc(SCCOc2cccc(Br)c2)c1. The minimum Gasteiger partial charge on any atom is -0.493 e. The summed E-state index contributed by atoms with van der Waals surface area (Å²) in [4.78, 5) is 1.15. The van der Waals surface area contributed by atoms with E-state index in [0.29, 0.717) is 6.61 Å². The maximum atomic E-state index is 9.56. The van der Waals surface area contributed by atoms with Gasteiger partial charge in [0.15, 0.2) is 0 Å². The first-order chi connectivity index (χ1) is 9.65. The number of hydrogen-bond donors (Lipinski definition) is 1. The summed E-state index contributed by atoms with van der Waals surface area (Å²) in [5.41, 5.74) is 0.947. The lowest BCUT2D eigenvalue weighted by Crippen LogP contribution is -2.00. The number of halogens is 1. The van der Waals surface area contributed by atoms with Gasteiger partial charge in [0, 0.05) is 15.1 Å². The molecule has 0 bridgehead atoms. The Labute approximate surface area is 132 Å². The molecule has 0 saturated carbocycles. The van der Waals surface area contributed by atoms with E-state index in [4.69, 9.17) is 4.74 Å². The van der Waals surface area contributed by atoms with Gasteiger partial charge in [0.25, 0.3) is 0 Å². The summed E-state index contributed by atoms with van der Waals surface area (Å²) >= 11 is 5.15. The van der Waals surface area contributed by atoms with E-state index in [2.05, 4.69) is 22.0 Å². The molecule has 20 heavy (non-hydrogen) atoms. The highest BCUT2D eigenvalue weighted by Gasteiger charge is 2.02. The van der Waals surface area contributed by atoms with Crippen LogP contribution in [0.25, 0.3) is 0 Å². The number of thioether (sulfide) groups is 1. The summed E-state index contributed by atoms with van der Waals surface area (Å²) in [7, 11) is 0. The monoisotopic (exact) mass is 352 g/mol. The van der Waals surface area contributed by atoms with Crippen LogP contribution in [0, 0.1) is 0 Å². The third kappa shape index (κ3) is 4.85. The fraction of sp³-hybridized carbons (Fsp3) is 0.250. The number of aliphatic hydroxyl groups is 1. The van der Waals surface area contributed by atoms with E-state index in [1.807, 2.05) is 42.5 Å². The highest BCUT2D eigenvalue weighted by molar-refractivity contribution is 9.10. The second-order valence-electron chi connectivity index (χ2n) is 4.40. The van der Waals surface area contributed by atoms with Crippen molar-refractivity contribution in [3.8, 4) is 5.75 Å². The van der Waals surface area contributed by atoms with Crippen molar-refractivity contribution in [3.63, 3.8) is 0 Å². The van der Waals surface area contributed by atoms with Crippen LogP contribution < -0.4 is 4.74 Å². The van der Waals surface area contributed by atoms with Gasteiger partial charge in [0.1, 0.15) is 5.75 Å². The van der Waals surface area contributed by atoms with Crippen LogP contribution in [0.4, 0.5) is 0 Å². The van der Waals surface area contributed by atoms with Gasteiger partial charge >= 0.3 is 0 Å². The Balaban J connectivity index is 1.80. The summed E-state index contributed by atoms with van der Waals surface area (Å²) in [6.45, 7) is 2.43. The molecule has 106 valence electrons. The summed E-state index contributed by atoms with van der Waals surface area (Å²) in [6.07, 6.45) is -0.423. The molecule has 1 unspecified atom stereocenters. The van der Waals surface area contributed by atoms with Gasteiger partial charge < -0.3 is 9.84 Å².